The molecule has 3 aromatic rings. The Morgan fingerprint density at radius 1 is 1.04 bits per heavy atom. The number of ether oxygens (including phenoxy) is 1. The van der Waals surface area contributed by atoms with Crippen molar-refractivity contribution in [2.24, 2.45) is 0 Å². The maximum absolute atomic E-state index is 6.15. The zero-order valence-corrected chi connectivity index (χ0v) is 15.5. The highest BCUT2D eigenvalue weighted by Gasteiger charge is 2.10. The first-order valence-corrected chi connectivity index (χ1v) is 9.16. The molecular formula is C22H24ClNO. The molecular weight excluding hydrogens is 330 g/mol. The van der Waals surface area contributed by atoms with Gasteiger partial charge in [-0.2, -0.15) is 0 Å². The van der Waals surface area contributed by atoms with E-state index in [2.05, 4.69) is 55.6 Å². The van der Waals surface area contributed by atoms with E-state index in [1.807, 2.05) is 24.3 Å². The maximum Gasteiger partial charge on any atom is 0.124 e. The van der Waals surface area contributed by atoms with Gasteiger partial charge in [0.05, 0.1) is 0 Å². The van der Waals surface area contributed by atoms with E-state index in [4.69, 9.17) is 16.3 Å². The van der Waals surface area contributed by atoms with Crippen LogP contribution in [0.4, 0.5) is 0 Å². The summed E-state index contributed by atoms with van der Waals surface area (Å²) in [5, 5.41) is 6.79. The molecule has 0 heterocycles. The van der Waals surface area contributed by atoms with Crippen LogP contribution in [0.5, 0.6) is 5.75 Å². The Morgan fingerprint density at radius 3 is 2.68 bits per heavy atom. The van der Waals surface area contributed by atoms with E-state index in [9.17, 15) is 0 Å². The van der Waals surface area contributed by atoms with Crippen LogP contribution in [0.3, 0.4) is 0 Å². The normalized spacial score (nSPS) is 12.3. The van der Waals surface area contributed by atoms with Crippen LogP contribution >= 0.6 is 11.6 Å². The summed E-state index contributed by atoms with van der Waals surface area (Å²) < 4.78 is 6.15. The number of hydrogen-bond acceptors (Lipinski definition) is 2. The molecule has 0 radical (unpaired) electrons. The minimum absolute atomic E-state index is 0.472. The van der Waals surface area contributed by atoms with Crippen LogP contribution in [-0.4, -0.2) is 6.04 Å². The first kappa shape index (κ1) is 17.8. The Hall–Kier alpha value is -2.03. The van der Waals surface area contributed by atoms with Gasteiger partial charge in [0.15, 0.2) is 0 Å². The predicted octanol–water partition coefficient (Wildman–Crippen LogP) is 5.96. The summed E-state index contributed by atoms with van der Waals surface area (Å²) >= 11 is 6.07. The van der Waals surface area contributed by atoms with Crippen molar-refractivity contribution in [1.82, 2.24) is 5.32 Å². The van der Waals surface area contributed by atoms with Gasteiger partial charge in [0, 0.05) is 23.2 Å². The van der Waals surface area contributed by atoms with Crippen molar-refractivity contribution >= 4 is 22.4 Å². The first-order chi connectivity index (χ1) is 12.2. The quantitative estimate of drug-likeness (QED) is 0.565. The average molecular weight is 354 g/mol. The van der Waals surface area contributed by atoms with Crippen LogP contribution in [0.15, 0.2) is 60.7 Å². The van der Waals surface area contributed by atoms with Crippen molar-refractivity contribution in [3.63, 3.8) is 0 Å². The SMILES string of the molecule is CC[C@H](C)NCc1c(OCc2cccc(Cl)c2)ccc2ccccc12. The van der Waals surface area contributed by atoms with E-state index in [0.717, 1.165) is 29.3 Å². The Morgan fingerprint density at radius 2 is 1.88 bits per heavy atom. The largest absolute Gasteiger partial charge is 0.489 e. The Balaban J connectivity index is 1.87. The van der Waals surface area contributed by atoms with Crippen molar-refractivity contribution in [1.29, 1.82) is 0 Å². The lowest BCUT2D eigenvalue weighted by Crippen LogP contribution is -2.24. The summed E-state index contributed by atoms with van der Waals surface area (Å²) in [5.74, 6) is 0.925. The highest BCUT2D eigenvalue weighted by atomic mass is 35.5. The van der Waals surface area contributed by atoms with Crippen molar-refractivity contribution in [2.45, 2.75) is 39.5 Å². The monoisotopic (exact) mass is 353 g/mol. The van der Waals surface area contributed by atoms with Crippen LogP contribution in [0.2, 0.25) is 5.02 Å². The second kappa shape index (κ2) is 8.37. The Labute approximate surface area is 154 Å². The van der Waals surface area contributed by atoms with Gasteiger partial charge in [-0.05, 0) is 47.9 Å². The molecule has 0 amide bonds. The van der Waals surface area contributed by atoms with E-state index in [0.29, 0.717) is 12.6 Å². The van der Waals surface area contributed by atoms with Crippen molar-refractivity contribution in [3.05, 3.63) is 76.8 Å². The lowest BCUT2D eigenvalue weighted by molar-refractivity contribution is 0.302. The van der Waals surface area contributed by atoms with Crippen LogP contribution in [0, 0.1) is 0 Å². The third kappa shape index (κ3) is 4.53. The second-order valence-electron chi connectivity index (χ2n) is 6.37. The van der Waals surface area contributed by atoms with Crippen molar-refractivity contribution < 1.29 is 4.74 Å². The molecule has 25 heavy (non-hydrogen) atoms. The average Bonchev–Trinajstić information content (AvgIpc) is 2.64. The topological polar surface area (TPSA) is 21.3 Å². The van der Waals surface area contributed by atoms with Gasteiger partial charge in [-0.25, -0.2) is 0 Å². The van der Waals surface area contributed by atoms with E-state index < -0.39 is 0 Å². The van der Waals surface area contributed by atoms with Crippen LogP contribution in [0.25, 0.3) is 10.8 Å². The third-order valence-corrected chi connectivity index (χ3v) is 4.76. The number of rotatable bonds is 7. The zero-order valence-electron chi connectivity index (χ0n) is 14.8. The van der Waals surface area contributed by atoms with E-state index in [-0.39, 0.29) is 0 Å². The molecule has 0 aromatic heterocycles. The smallest absolute Gasteiger partial charge is 0.124 e. The van der Waals surface area contributed by atoms with Gasteiger partial charge in [0.2, 0.25) is 0 Å². The summed E-state index contributed by atoms with van der Waals surface area (Å²) in [6.45, 7) is 5.70. The summed E-state index contributed by atoms with van der Waals surface area (Å²) in [4.78, 5) is 0. The summed E-state index contributed by atoms with van der Waals surface area (Å²) in [5.41, 5.74) is 2.28. The summed E-state index contributed by atoms with van der Waals surface area (Å²) in [7, 11) is 0. The second-order valence-corrected chi connectivity index (χ2v) is 6.81. The minimum atomic E-state index is 0.472. The van der Waals surface area contributed by atoms with E-state index in [1.54, 1.807) is 0 Å². The van der Waals surface area contributed by atoms with Gasteiger partial charge in [0.1, 0.15) is 12.4 Å². The van der Waals surface area contributed by atoms with Gasteiger partial charge >= 0.3 is 0 Å². The molecule has 0 bridgehead atoms. The molecule has 0 saturated heterocycles. The number of hydrogen-bond donors (Lipinski definition) is 1. The Bertz CT molecular complexity index is 846. The Kier molecular flexibility index (Phi) is 5.95. The van der Waals surface area contributed by atoms with E-state index >= 15 is 0 Å². The van der Waals surface area contributed by atoms with Gasteiger partial charge < -0.3 is 10.1 Å². The van der Waals surface area contributed by atoms with Crippen LogP contribution < -0.4 is 10.1 Å². The maximum atomic E-state index is 6.15. The first-order valence-electron chi connectivity index (χ1n) is 8.78. The zero-order chi connectivity index (χ0) is 17.6. The molecule has 130 valence electrons. The highest BCUT2D eigenvalue weighted by molar-refractivity contribution is 6.30. The molecule has 1 atom stereocenters. The molecule has 0 aliphatic heterocycles. The fourth-order valence-corrected chi connectivity index (χ4v) is 3.05. The van der Waals surface area contributed by atoms with E-state index in [1.165, 1.54) is 16.3 Å². The highest BCUT2D eigenvalue weighted by Crippen LogP contribution is 2.29. The van der Waals surface area contributed by atoms with Crippen LogP contribution in [-0.2, 0) is 13.2 Å². The lowest BCUT2D eigenvalue weighted by atomic mass is 10.0. The van der Waals surface area contributed by atoms with Crippen LogP contribution in [0.1, 0.15) is 31.4 Å². The number of fused-ring (bicyclic) bond motifs is 1. The molecule has 0 aliphatic carbocycles. The molecule has 0 saturated carbocycles. The van der Waals surface area contributed by atoms with Gasteiger partial charge in [-0.3, -0.25) is 0 Å². The number of nitrogens with one attached hydrogen (secondary N) is 1. The predicted molar refractivity (Wildman–Crippen MR) is 106 cm³/mol. The summed E-state index contributed by atoms with van der Waals surface area (Å²) in [6.07, 6.45) is 1.10. The molecule has 2 nitrogen and oxygen atoms in total. The molecule has 0 unspecified atom stereocenters. The van der Waals surface area contributed by atoms with Crippen molar-refractivity contribution in [2.75, 3.05) is 0 Å². The van der Waals surface area contributed by atoms with Gasteiger partial charge in [-0.15, -0.1) is 0 Å². The molecule has 3 aromatic carbocycles. The molecule has 0 fully saturated rings. The van der Waals surface area contributed by atoms with Gasteiger partial charge in [-0.1, -0.05) is 61.0 Å². The fourth-order valence-electron chi connectivity index (χ4n) is 2.84. The summed E-state index contributed by atoms with van der Waals surface area (Å²) in [6, 6.07) is 20.9. The molecule has 3 rings (SSSR count). The van der Waals surface area contributed by atoms with Crippen molar-refractivity contribution in [3.8, 4) is 5.75 Å². The van der Waals surface area contributed by atoms with Gasteiger partial charge in [0.25, 0.3) is 0 Å². The molecule has 0 spiro atoms. The lowest BCUT2D eigenvalue weighted by Gasteiger charge is -2.17. The fraction of sp³-hybridized carbons (Fsp3) is 0.273. The standard InChI is InChI=1S/C22H24ClNO/c1-3-16(2)24-14-21-20-10-5-4-8-18(20)11-12-22(21)25-15-17-7-6-9-19(23)13-17/h4-13,16,24H,3,14-15H2,1-2H3/t16-/m0/s1. The number of benzene rings is 3. The third-order valence-electron chi connectivity index (χ3n) is 4.52. The molecule has 0 aliphatic rings. The molecule has 3 heteroatoms. The number of halogens is 1. The molecule has 1 N–H and O–H groups in total. The minimum Gasteiger partial charge on any atom is -0.489 e.